The van der Waals surface area contributed by atoms with E-state index in [0.717, 1.165) is 6.42 Å². The van der Waals surface area contributed by atoms with Crippen molar-refractivity contribution in [2.75, 3.05) is 13.2 Å². The molecule has 0 spiro atoms. The molecule has 0 aromatic heterocycles. The molecular formula is C11H16O3. The minimum absolute atomic E-state index is 0.653. The van der Waals surface area contributed by atoms with Crippen LogP contribution in [0.3, 0.4) is 0 Å². The molecule has 1 heterocycles. The van der Waals surface area contributed by atoms with Crippen molar-refractivity contribution in [1.29, 1.82) is 0 Å². The van der Waals surface area contributed by atoms with Gasteiger partial charge in [-0.3, -0.25) is 0 Å². The van der Waals surface area contributed by atoms with Gasteiger partial charge in [0.15, 0.2) is 0 Å². The Morgan fingerprint density at radius 3 is 1.50 bits per heavy atom. The predicted octanol–water partition coefficient (Wildman–Crippen LogP) is 2.57. The molecule has 0 amide bonds. The molecule has 1 fully saturated rings. The van der Waals surface area contributed by atoms with Gasteiger partial charge in [0.1, 0.15) is 0 Å². The van der Waals surface area contributed by atoms with E-state index < -0.39 is 0 Å². The largest absolute Gasteiger partial charge is 0.206 e. The van der Waals surface area contributed by atoms with Gasteiger partial charge in [0, 0.05) is 6.42 Å². The van der Waals surface area contributed by atoms with Gasteiger partial charge in [-0.1, -0.05) is 40.4 Å². The summed E-state index contributed by atoms with van der Waals surface area (Å²) in [5.41, 5.74) is 2.66. The highest BCUT2D eigenvalue weighted by atomic mass is 17.5. The summed E-state index contributed by atoms with van der Waals surface area (Å²) in [6, 6.07) is 8.48. The molecule has 0 aliphatic carbocycles. The number of hydrogen-bond acceptors (Lipinski definition) is 3. The first-order valence-electron chi connectivity index (χ1n) is 4.73. The fourth-order valence-corrected chi connectivity index (χ4v) is 0.916. The van der Waals surface area contributed by atoms with E-state index in [2.05, 4.69) is 52.9 Å². The fraction of sp³-hybridized carbons (Fsp3) is 0.455. The second-order valence-electron chi connectivity index (χ2n) is 3.22. The Hall–Kier alpha value is -0.900. The molecule has 1 aliphatic heterocycles. The summed E-state index contributed by atoms with van der Waals surface area (Å²) < 4.78 is 0. The summed E-state index contributed by atoms with van der Waals surface area (Å²) in [7, 11) is 0. The SMILES string of the molecule is C1COOOC1.Cc1ccc(C)cc1. The normalized spacial score (nSPS) is 15.6. The van der Waals surface area contributed by atoms with Crippen LogP contribution in [0, 0.1) is 13.8 Å². The summed E-state index contributed by atoms with van der Waals surface area (Å²) in [6.07, 6.45) is 0.931. The van der Waals surface area contributed by atoms with Crippen LogP contribution < -0.4 is 0 Å². The maximum absolute atomic E-state index is 4.35. The second kappa shape index (κ2) is 6.54. The minimum atomic E-state index is 0.653. The van der Waals surface area contributed by atoms with Crippen LogP contribution in [-0.4, -0.2) is 13.2 Å². The van der Waals surface area contributed by atoms with E-state index in [0.29, 0.717) is 13.2 Å². The van der Waals surface area contributed by atoms with Gasteiger partial charge in [-0.15, -0.1) is 0 Å². The maximum Gasteiger partial charge on any atom is 0.0877 e. The first-order valence-corrected chi connectivity index (χ1v) is 4.73. The van der Waals surface area contributed by atoms with Gasteiger partial charge in [-0.2, -0.15) is 0 Å². The number of hydrogen-bond donors (Lipinski definition) is 0. The lowest BCUT2D eigenvalue weighted by Gasteiger charge is -2.06. The molecular weight excluding hydrogens is 180 g/mol. The quantitative estimate of drug-likeness (QED) is 0.597. The first kappa shape index (κ1) is 11.2. The number of benzene rings is 1. The zero-order valence-corrected chi connectivity index (χ0v) is 8.66. The maximum atomic E-state index is 4.35. The average molecular weight is 196 g/mol. The minimum Gasteiger partial charge on any atom is -0.206 e. The van der Waals surface area contributed by atoms with Crippen LogP contribution in [0.2, 0.25) is 0 Å². The van der Waals surface area contributed by atoms with E-state index in [1.54, 1.807) is 0 Å². The third-order valence-corrected chi connectivity index (χ3v) is 1.77. The lowest BCUT2D eigenvalue weighted by Crippen LogP contribution is -2.08. The average Bonchev–Trinajstić information content (AvgIpc) is 2.26. The van der Waals surface area contributed by atoms with Crippen molar-refractivity contribution >= 4 is 0 Å². The molecule has 0 radical (unpaired) electrons. The van der Waals surface area contributed by atoms with Crippen molar-refractivity contribution in [2.45, 2.75) is 20.3 Å². The molecule has 0 N–H and O–H groups in total. The summed E-state index contributed by atoms with van der Waals surface area (Å²) in [6.45, 7) is 5.50. The molecule has 1 aromatic carbocycles. The van der Waals surface area contributed by atoms with Crippen LogP contribution in [0.15, 0.2) is 24.3 Å². The van der Waals surface area contributed by atoms with E-state index in [-0.39, 0.29) is 0 Å². The summed E-state index contributed by atoms with van der Waals surface area (Å²) in [5.74, 6) is 0. The van der Waals surface area contributed by atoms with Gasteiger partial charge in [-0.05, 0) is 13.8 Å². The van der Waals surface area contributed by atoms with Gasteiger partial charge < -0.3 is 0 Å². The third-order valence-electron chi connectivity index (χ3n) is 1.77. The standard InChI is InChI=1S/C8H10.C3H6O3/c1-7-3-5-8(2)6-4-7;1-2-4-6-5-3-1/h3-6H,1-2H3;1-3H2. The Bertz CT molecular complexity index is 207. The van der Waals surface area contributed by atoms with Gasteiger partial charge in [0.05, 0.1) is 13.2 Å². The zero-order valence-electron chi connectivity index (χ0n) is 8.66. The molecule has 0 unspecified atom stereocenters. The van der Waals surface area contributed by atoms with Crippen molar-refractivity contribution in [3.8, 4) is 0 Å². The van der Waals surface area contributed by atoms with Crippen LogP contribution in [-0.2, 0) is 14.8 Å². The summed E-state index contributed by atoms with van der Waals surface area (Å²) >= 11 is 0. The fourth-order valence-electron chi connectivity index (χ4n) is 0.916. The Morgan fingerprint density at radius 2 is 1.29 bits per heavy atom. The lowest BCUT2D eigenvalue weighted by molar-refractivity contribution is -0.532. The highest BCUT2D eigenvalue weighted by Gasteiger charge is 1.96. The molecule has 1 saturated heterocycles. The van der Waals surface area contributed by atoms with E-state index in [9.17, 15) is 0 Å². The molecule has 0 saturated carbocycles. The van der Waals surface area contributed by atoms with Crippen molar-refractivity contribution in [3.05, 3.63) is 35.4 Å². The van der Waals surface area contributed by atoms with Crippen LogP contribution in [0.1, 0.15) is 17.5 Å². The highest BCUT2D eigenvalue weighted by molar-refractivity contribution is 5.19. The van der Waals surface area contributed by atoms with E-state index in [4.69, 9.17) is 0 Å². The molecule has 0 atom stereocenters. The van der Waals surface area contributed by atoms with E-state index >= 15 is 0 Å². The monoisotopic (exact) mass is 196 g/mol. The molecule has 2 rings (SSSR count). The highest BCUT2D eigenvalue weighted by Crippen LogP contribution is 1.99. The van der Waals surface area contributed by atoms with Crippen LogP contribution >= 0.6 is 0 Å². The predicted molar refractivity (Wildman–Crippen MR) is 53.5 cm³/mol. The second-order valence-corrected chi connectivity index (χ2v) is 3.22. The molecule has 1 aliphatic rings. The number of aryl methyl sites for hydroxylation is 2. The molecule has 78 valence electrons. The van der Waals surface area contributed by atoms with E-state index in [1.165, 1.54) is 11.1 Å². The van der Waals surface area contributed by atoms with Crippen molar-refractivity contribution in [1.82, 2.24) is 0 Å². The topological polar surface area (TPSA) is 27.7 Å². The van der Waals surface area contributed by atoms with Gasteiger partial charge in [0.25, 0.3) is 0 Å². The lowest BCUT2D eigenvalue weighted by atomic mass is 10.2. The third kappa shape index (κ3) is 4.97. The van der Waals surface area contributed by atoms with Crippen molar-refractivity contribution in [2.24, 2.45) is 0 Å². The van der Waals surface area contributed by atoms with Crippen LogP contribution in [0.4, 0.5) is 0 Å². The number of rotatable bonds is 0. The molecule has 3 nitrogen and oxygen atoms in total. The zero-order chi connectivity index (χ0) is 10.2. The molecule has 14 heavy (non-hydrogen) atoms. The van der Waals surface area contributed by atoms with Crippen LogP contribution in [0.5, 0.6) is 0 Å². The van der Waals surface area contributed by atoms with E-state index in [1.807, 2.05) is 0 Å². The Balaban J connectivity index is 0.000000146. The van der Waals surface area contributed by atoms with Gasteiger partial charge in [-0.25, -0.2) is 9.78 Å². The van der Waals surface area contributed by atoms with Gasteiger partial charge in [0.2, 0.25) is 0 Å². The summed E-state index contributed by atoms with van der Waals surface area (Å²) in [4.78, 5) is 8.69. The van der Waals surface area contributed by atoms with Crippen LogP contribution in [0.25, 0.3) is 0 Å². The van der Waals surface area contributed by atoms with Crippen molar-refractivity contribution < 1.29 is 14.8 Å². The Morgan fingerprint density at radius 1 is 0.857 bits per heavy atom. The molecule has 0 bridgehead atoms. The summed E-state index contributed by atoms with van der Waals surface area (Å²) in [5, 5.41) is 4.07. The Labute approximate surface area is 84.5 Å². The smallest absolute Gasteiger partial charge is 0.0877 e. The molecule has 1 aromatic rings. The molecule has 3 heteroatoms. The first-order chi connectivity index (χ1) is 6.79. The van der Waals surface area contributed by atoms with Gasteiger partial charge >= 0.3 is 0 Å². The Kier molecular flexibility index (Phi) is 5.22. The van der Waals surface area contributed by atoms with Crippen molar-refractivity contribution in [3.63, 3.8) is 0 Å².